The number of hydrazine groups is 1. The highest BCUT2D eigenvalue weighted by molar-refractivity contribution is 7.12. The van der Waals surface area contributed by atoms with Crippen LogP contribution in [0.2, 0.25) is 0 Å². The van der Waals surface area contributed by atoms with Crippen molar-refractivity contribution < 1.29 is 14.3 Å². The van der Waals surface area contributed by atoms with Crippen LogP contribution in [0.5, 0.6) is 0 Å². The first-order valence-corrected chi connectivity index (χ1v) is 6.98. The minimum absolute atomic E-state index is 0.0791. The number of methoxy groups -OCH3 is 1. The highest BCUT2D eigenvalue weighted by atomic mass is 32.1. The fourth-order valence-corrected chi connectivity index (χ4v) is 2.48. The first-order valence-electron chi connectivity index (χ1n) is 6.10. The van der Waals surface area contributed by atoms with Gasteiger partial charge in [0, 0.05) is 20.2 Å². The number of hydrogen-bond acceptors (Lipinski definition) is 6. The molecule has 0 spiro atoms. The van der Waals surface area contributed by atoms with Gasteiger partial charge in [0.25, 0.3) is 5.91 Å². The summed E-state index contributed by atoms with van der Waals surface area (Å²) in [4.78, 5) is 25.6. The molecule has 1 aromatic rings. The molecule has 20 heavy (non-hydrogen) atoms. The molecule has 0 fully saturated rings. The van der Waals surface area contributed by atoms with Crippen molar-refractivity contribution in [2.45, 2.75) is 6.54 Å². The Bertz CT molecular complexity index is 450. The number of carbonyl (C=O) groups is 2. The van der Waals surface area contributed by atoms with Crippen LogP contribution >= 0.6 is 11.3 Å². The maximum Gasteiger partial charge on any atom is 0.275 e. The van der Waals surface area contributed by atoms with Crippen LogP contribution in [0.1, 0.15) is 15.2 Å². The van der Waals surface area contributed by atoms with E-state index in [0.29, 0.717) is 24.6 Å². The molecule has 7 nitrogen and oxygen atoms in total. The largest absolute Gasteiger partial charge is 0.383 e. The molecule has 0 atom stereocenters. The Morgan fingerprint density at radius 2 is 2.25 bits per heavy atom. The fourth-order valence-electron chi connectivity index (χ4n) is 1.67. The molecular formula is C12H20N4O3S. The van der Waals surface area contributed by atoms with Gasteiger partial charge >= 0.3 is 0 Å². The van der Waals surface area contributed by atoms with E-state index >= 15 is 0 Å². The molecular weight excluding hydrogens is 280 g/mol. The van der Waals surface area contributed by atoms with Crippen LogP contribution in [0.4, 0.5) is 0 Å². The van der Waals surface area contributed by atoms with Gasteiger partial charge in [-0.1, -0.05) is 0 Å². The molecule has 1 rings (SSSR count). The minimum atomic E-state index is -0.312. The number of thiophene rings is 1. The molecule has 0 aliphatic carbocycles. The van der Waals surface area contributed by atoms with E-state index in [0.717, 1.165) is 5.56 Å². The number of nitrogen functional groups attached to an aromatic ring is 1. The Labute approximate surface area is 122 Å². The monoisotopic (exact) mass is 300 g/mol. The Balaban J connectivity index is 2.46. The van der Waals surface area contributed by atoms with Crippen molar-refractivity contribution in [1.29, 1.82) is 0 Å². The van der Waals surface area contributed by atoms with Gasteiger partial charge in [-0.05, 0) is 24.1 Å². The van der Waals surface area contributed by atoms with Crippen LogP contribution < -0.4 is 16.6 Å². The highest BCUT2D eigenvalue weighted by Gasteiger charge is 2.14. The SMILES string of the molecule is COCCNC(=O)CN(C)Cc1ccsc1C(=O)NN. The van der Waals surface area contributed by atoms with Crippen molar-refractivity contribution in [1.82, 2.24) is 15.6 Å². The number of nitrogens with one attached hydrogen (secondary N) is 2. The molecule has 0 aliphatic rings. The van der Waals surface area contributed by atoms with Crippen LogP contribution in [0.15, 0.2) is 11.4 Å². The number of amides is 2. The number of carbonyl (C=O) groups excluding carboxylic acids is 2. The van der Waals surface area contributed by atoms with Crippen molar-refractivity contribution in [3.05, 3.63) is 21.9 Å². The highest BCUT2D eigenvalue weighted by Crippen LogP contribution is 2.17. The fraction of sp³-hybridized carbons (Fsp3) is 0.500. The van der Waals surface area contributed by atoms with E-state index in [2.05, 4.69) is 10.7 Å². The standard InChI is InChI=1S/C12H20N4O3S/c1-16(8-10(17)14-4-5-19-2)7-9-3-6-20-11(9)12(18)15-13/h3,6H,4-5,7-8,13H2,1-2H3,(H,14,17)(H,15,18). The number of nitrogens with zero attached hydrogens (tertiary/aromatic N) is 1. The molecule has 112 valence electrons. The number of likely N-dealkylation sites (N-methyl/N-ethyl adjacent to an activating group) is 1. The molecule has 2 amide bonds. The summed E-state index contributed by atoms with van der Waals surface area (Å²) in [6.07, 6.45) is 0. The molecule has 0 saturated carbocycles. The molecule has 4 N–H and O–H groups in total. The smallest absolute Gasteiger partial charge is 0.275 e. The Kier molecular flexibility index (Phi) is 7.16. The van der Waals surface area contributed by atoms with E-state index in [1.54, 1.807) is 7.11 Å². The molecule has 1 heterocycles. The second-order valence-electron chi connectivity index (χ2n) is 4.26. The van der Waals surface area contributed by atoms with Gasteiger partial charge in [0.15, 0.2) is 0 Å². The van der Waals surface area contributed by atoms with Gasteiger partial charge in [-0.2, -0.15) is 0 Å². The van der Waals surface area contributed by atoms with Gasteiger partial charge in [-0.15, -0.1) is 11.3 Å². The average Bonchev–Trinajstić information content (AvgIpc) is 2.86. The summed E-state index contributed by atoms with van der Waals surface area (Å²) in [5.41, 5.74) is 2.97. The summed E-state index contributed by atoms with van der Waals surface area (Å²) in [5, 5.41) is 4.57. The number of hydrogen-bond donors (Lipinski definition) is 3. The maximum atomic E-state index is 11.6. The predicted octanol–water partition coefficient (Wildman–Crippen LogP) is -0.454. The Hall–Kier alpha value is -1.48. The second kappa shape index (κ2) is 8.64. The number of nitrogens with two attached hydrogens (primary N) is 1. The lowest BCUT2D eigenvalue weighted by Gasteiger charge is -2.16. The Morgan fingerprint density at radius 3 is 2.90 bits per heavy atom. The van der Waals surface area contributed by atoms with Crippen molar-refractivity contribution in [2.75, 3.05) is 33.9 Å². The average molecular weight is 300 g/mol. The van der Waals surface area contributed by atoms with Gasteiger partial charge in [0.2, 0.25) is 5.91 Å². The van der Waals surface area contributed by atoms with Gasteiger partial charge in [-0.25, -0.2) is 5.84 Å². The van der Waals surface area contributed by atoms with E-state index < -0.39 is 0 Å². The number of rotatable bonds is 8. The van der Waals surface area contributed by atoms with Crippen molar-refractivity contribution in [3.8, 4) is 0 Å². The van der Waals surface area contributed by atoms with Gasteiger partial charge in [-0.3, -0.25) is 19.9 Å². The summed E-state index contributed by atoms with van der Waals surface area (Å²) in [5.74, 6) is 4.74. The van der Waals surface area contributed by atoms with E-state index in [1.165, 1.54) is 11.3 Å². The maximum absolute atomic E-state index is 11.6. The lowest BCUT2D eigenvalue weighted by Crippen LogP contribution is -2.36. The minimum Gasteiger partial charge on any atom is -0.383 e. The van der Waals surface area contributed by atoms with E-state index in [-0.39, 0.29) is 18.4 Å². The molecule has 0 aromatic carbocycles. The second-order valence-corrected chi connectivity index (χ2v) is 5.18. The van der Waals surface area contributed by atoms with E-state index in [9.17, 15) is 9.59 Å². The van der Waals surface area contributed by atoms with Crippen molar-refractivity contribution >= 4 is 23.2 Å². The van der Waals surface area contributed by atoms with Crippen LogP contribution in [0.3, 0.4) is 0 Å². The van der Waals surface area contributed by atoms with Crippen LogP contribution in [0.25, 0.3) is 0 Å². The quantitative estimate of drug-likeness (QED) is 0.261. The van der Waals surface area contributed by atoms with Crippen molar-refractivity contribution in [2.24, 2.45) is 5.84 Å². The summed E-state index contributed by atoms with van der Waals surface area (Å²) in [7, 11) is 3.40. The third kappa shape index (κ3) is 5.25. The summed E-state index contributed by atoms with van der Waals surface area (Å²) in [6, 6.07) is 1.86. The molecule has 0 unspecified atom stereocenters. The summed E-state index contributed by atoms with van der Waals surface area (Å²) < 4.78 is 4.85. The zero-order valence-electron chi connectivity index (χ0n) is 11.6. The molecule has 0 saturated heterocycles. The Morgan fingerprint density at radius 1 is 1.50 bits per heavy atom. The molecule has 0 bridgehead atoms. The van der Waals surface area contributed by atoms with E-state index in [1.807, 2.05) is 23.4 Å². The van der Waals surface area contributed by atoms with Crippen LogP contribution in [-0.4, -0.2) is 50.6 Å². The third-order valence-corrected chi connectivity index (χ3v) is 3.52. The topological polar surface area (TPSA) is 96.7 Å². The zero-order chi connectivity index (χ0) is 15.0. The number of ether oxygens (including phenoxy) is 1. The summed E-state index contributed by atoms with van der Waals surface area (Å²) in [6.45, 7) is 1.73. The first-order chi connectivity index (χ1) is 9.58. The first kappa shape index (κ1) is 16.6. The zero-order valence-corrected chi connectivity index (χ0v) is 12.5. The molecule has 8 heteroatoms. The lowest BCUT2D eigenvalue weighted by molar-refractivity contribution is -0.122. The normalized spacial score (nSPS) is 10.6. The lowest BCUT2D eigenvalue weighted by atomic mass is 10.2. The summed E-state index contributed by atoms with van der Waals surface area (Å²) >= 11 is 1.32. The van der Waals surface area contributed by atoms with Gasteiger partial charge in [0.1, 0.15) is 0 Å². The van der Waals surface area contributed by atoms with Gasteiger partial charge < -0.3 is 10.1 Å². The van der Waals surface area contributed by atoms with Crippen LogP contribution in [-0.2, 0) is 16.1 Å². The van der Waals surface area contributed by atoms with Crippen molar-refractivity contribution in [3.63, 3.8) is 0 Å². The third-order valence-electron chi connectivity index (χ3n) is 2.57. The molecule has 1 aromatic heterocycles. The van der Waals surface area contributed by atoms with E-state index in [4.69, 9.17) is 10.6 Å². The molecule has 0 radical (unpaired) electrons. The molecule has 0 aliphatic heterocycles. The van der Waals surface area contributed by atoms with Gasteiger partial charge in [0.05, 0.1) is 18.0 Å². The predicted molar refractivity (Wildman–Crippen MR) is 77.2 cm³/mol. The van der Waals surface area contributed by atoms with Crippen LogP contribution in [0, 0.1) is 0 Å².